The van der Waals surface area contributed by atoms with Crippen molar-refractivity contribution in [3.05, 3.63) is 38.7 Å². The first-order valence-corrected chi connectivity index (χ1v) is 4.01. The summed E-state index contributed by atoms with van der Waals surface area (Å²) in [5.41, 5.74) is 6.51. The summed E-state index contributed by atoms with van der Waals surface area (Å²) in [6.45, 7) is 1.81. The van der Waals surface area contributed by atoms with Crippen LogP contribution in [0, 0.1) is 6.92 Å². The zero-order valence-corrected chi connectivity index (χ0v) is 7.46. The van der Waals surface area contributed by atoms with Gasteiger partial charge in [-0.25, -0.2) is 9.59 Å². The fourth-order valence-corrected chi connectivity index (χ4v) is 1.38. The molecule has 1 heterocycles. The van der Waals surface area contributed by atoms with E-state index in [4.69, 9.17) is 5.73 Å². The molecule has 2 rings (SSSR count). The standard InChI is InChI=1S/C9H8N2O3/c1-4-2-5-7(6(10)3-4)11-9(13)14-8(5)12/h2-3H,10H2,1H3,(H,11,13). The van der Waals surface area contributed by atoms with E-state index in [1.807, 2.05) is 0 Å². The summed E-state index contributed by atoms with van der Waals surface area (Å²) in [4.78, 5) is 24.5. The first-order valence-electron chi connectivity index (χ1n) is 4.01. The minimum absolute atomic E-state index is 0.294. The molecule has 0 radical (unpaired) electrons. The van der Waals surface area contributed by atoms with Gasteiger partial charge in [0.1, 0.15) is 0 Å². The molecule has 0 bridgehead atoms. The lowest BCUT2D eigenvalue weighted by Gasteiger charge is -2.00. The lowest BCUT2D eigenvalue weighted by molar-refractivity contribution is 0.460. The molecule has 0 aliphatic rings. The number of anilines is 1. The van der Waals surface area contributed by atoms with Gasteiger partial charge in [0.2, 0.25) is 0 Å². The molecule has 1 aromatic carbocycles. The van der Waals surface area contributed by atoms with Crippen molar-refractivity contribution >= 4 is 16.6 Å². The third-order valence-corrected chi connectivity index (χ3v) is 1.95. The predicted molar refractivity (Wildman–Crippen MR) is 52.3 cm³/mol. The number of H-pyrrole nitrogens is 1. The number of nitrogens with one attached hydrogen (secondary N) is 1. The van der Waals surface area contributed by atoms with Crippen molar-refractivity contribution in [2.75, 3.05) is 5.73 Å². The number of fused-ring (bicyclic) bond motifs is 1. The third-order valence-electron chi connectivity index (χ3n) is 1.95. The number of aryl methyl sites for hydroxylation is 1. The van der Waals surface area contributed by atoms with Crippen LogP contribution in [0.1, 0.15) is 5.56 Å². The summed E-state index contributed by atoms with van der Waals surface area (Å²) in [5.74, 6) is -0.793. The van der Waals surface area contributed by atoms with Crippen molar-refractivity contribution in [3.63, 3.8) is 0 Å². The minimum atomic E-state index is -0.793. The van der Waals surface area contributed by atoms with Gasteiger partial charge in [-0.05, 0) is 24.6 Å². The number of rotatable bonds is 0. The second kappa shape index (κ2) is 2.73. The average Bonchev–Trinajstić information content (AvgIpc) is 2.07. The van der Waals surface area contributed by atoms with Crippen LogP contribution in [0.5, 0.6) is 0 Å². The molecule has 0 amide bonds. The van der Waals surface area contributed by atoms with Crippen molar-refractivity contribution in [2.24, 2.45) is 0 Å². The topological polar surface area (TPSA) is 89.1 Å². The Balaban J connectivity index is 3.10. The Kier molecular flexibility index (Phi) is 1.67. The van der Waals surface area contributed by atoms with Crippen molar-refractivity contribution in [2.45, 2.75) is 6.92 Å². The summed E-state index contributed by atoms with van der Waals surface area (Å²) < 4.78 is 4.38. The smallest absolute Gasteiger partial charge is 0.397 e. The Bertz CT molecular complexity index is 609. The zero-order valence-electron chi connectivity index (χ0n) is 7.46. The Morgan fingerprint density at radius 3 is 2.79 bits per heavy atom. The average molecular weight is 192 g/mol. The number of benzene rings is 1. The normalized spacial score (nSPS) is 10.6. The van der Waals surface area contributed by atoms with E-state index in [9.17, 15) is 9.59 Å². The van der Waals surface area contributed by atoms with Gasteiger partial charge < -0.3 is 10.2 Å². The fourth-order valence-electron chi connectivity index (χ4n) is 1.38. The van der Waals surface area contributed by atoms with Gasteiger partial charge in [0, 0.05) is 0 Å². The quantitative estimate of drug-likeness (QED) is 0.590. The number of aromatic nitrogens is 1. The predicted octanol–water partition coefficient (Wildman–Crippen LogP) is 0.372. The molecule has 5 nitrogen and oxygen atoms in total. The summed E-state index contributed by atoms with van der Waals surface area (Å²) in [6, 6.07) is 3.30. The van der Waals surface area contributed by atoms with Gasteiger partial charge in [-0.15, -0.1) is 0 Å². The van der Waals surface area contributed by atoms with Crippen molar-refractivity contribution in [3.8, 4) is 0 Å². The van der Waals surface area contributed by atoms with Crippen LogP contribution in [0.15, 0.2) is 26.1 Å². The van der Waals surface area contributed by atoms with Gasteiger partial charge >= 0.3 is 11.4 Å². The maximum absolute atomic E-state index is 11.3. The lowest BCUT2D eigenvalue weighted by Crippen LogP contribution is -2.15. The SMILES string of the molecule is Cc1cc(N)c2[nH]c(=O)oc(=O)c2c1. The van der Waals surface area contributed by atoms with E-state index in [1.54, 1.807) is 19.1 Å². The highest BCUT2D eigenvalue weighted by atomic mass is 16.4. The molecule has 0 aliphatic heterocycles. The highest BCUT2D eigenvalue weighted by Crippen LogP contribution is 2.16. The van der Waals surface area contributed by atoms with Crippen LogP contribution in [-0.4, -0.2) is 4.98 Å². The fraction of sp³-hybridized carbons (Fsp3) is 0.111. The van der Waals surface area contributed by atoms with E-state index < -0.39 is 11.4 Å². The molecule has 0 aliphatic carbocycles. The monoisotopic (exact) mass is 192 g/mol. The van der Waals surface area contributed by atoms with Crippen LogP contribution in [0.4, 0.5) is 5.69 Å². The molecule has 5 heteroatoms. The molecule has 0 saturated carbocycles. The first kappa shape index (κ1) is 8.55. The Labute approximate surface area is 78.2 Å². The largest absolute Gasteiger partial charge is 0.419 e. The van der Waals surface area contributed by atoms with E-state index in [2.05, 4.69) is 9.40 Å². The van der Waals surface area contributed by atoms with E-state index in [0.717, 1.165) is 5.56 Å². The highest BCUT2D eigenvalue weighted by Gasteiger charge is 2.05. The number of nitrogen functional groups attached to an aromatic ring is 1. The van der Waals surface area contributed by atoms with E-state index in [-0.39, 0.29) is 0 Å². The maximum Gasteiger partial charge on any atom is 0.419 e. The van der Waals surface area contributed by atoms with Crippen molar-refractivity contribution in [1.29, 1.82) is 0 Å². The Hall–Kier alpha value is -2.04. The van der Waals surface area contributed by atoms with Crippen LogP contribution >= 0.6 is 0 Å². The lowest BCUT2D eigenvalue weighted by atomic mass is 10.1. The van der Waals surface area contributed by atoms with E-state index >= 15 is 0 Å². The number of nitrogens with two attached hydrogens (primary N) is 1. The molecule has 0 spiro atoms. The highest BCUT2D eigenvalue weighted by molar-refractivity contribution is 5.88. The Morgan fingerprint density at radius 2 is 2.07 bits per heavy atom. The molecule has 72 valence electrons. The number of hydrogen-bond donors (Lipinski definition) is 2. The molecule has 0 fully saturated rings. The van der Waals surface area contributed by atoms with Crippen LogP contribution in [-0.2, 0) is 0 Å². The van der Waals surface area contributed by atoms with Crippen molar-refractivity contribution in [1.82, 2.24) is 4.98 Å². The van der Waals surface area contributed by atoms with E-state index in [1.165, 1.54) is 0 Å². The molecule has 2 aromatic rings. The maximum atomic E-state index is 11.3. The van der Waals surface area contributed by atoms with Gasteiger partial charge in [0.15, 0.2) is 0 Å². The van der Waals surface area contributed by atoms with Crippen LogP contribution < -0.4 is 17.1 Å². The molecule has 0 saturated heterocycles. The van der Waals surface area contributed by atoms with Gasteiger partial charge in [-0.2, -0.15) is 0 Å². The van der Waals surface area contributed by atoms with Crippen molar-refractivity contribution < 1.29 is 4.42 Å². The molecular formula is C9H8N2O3. The number of aromatic amines is 1. The van der Waals surface area contributed by atoms with Crippen LogP contribution in [0.25, 0.3) is 10.9 Å². The molecule has 0 unspecified atom stereocenters. The van der Waals surface area contributed by atoms with Crippen LogP contribution in [0.2, 0.25) is 0 Å². The second-order valence-electron chi connectivity index (χ2n) is 3.08. The second-order valence-corrected chi connectivity index (χ2v) is 3.08. The summed E-state index contributed by atoms with van der Waals surface area (Å²) in [6.07, 6.45) is 0. The summed E-state index contributed by atoms with van der Waals surface area (Å²) in [5, 5.41) is 0.294. The first-order chi connectivity index (χ1) is 6.58. The van der Waals surface area contributed by atoms with Gasteiger partial charge in [-0.1, -0.05) is 0 Å². The molecular weight excluding hydrogens is 184 g/mol. The molecule has 3 N–H and O–H groups in total. The molecule has 0 atom stereocenters. The molecule has 14 heavy (non-hydrogen) atoms. The summed E-state index contributed by atoms with van der Waals surface area (Å²) >= 11 is 0. The third kappa shape index (κ3) is 1.19. The summed E-state index contributed by atoms with van der Waals surface area (Å²) in [7, 11) is 0. The minimum Gasteiger partial charge on any atom is -0.397 e. The molecule has 1 aromatic heterocycles. The van der Waals surface area contributed by atoms with E-state index in [0.29, 0.717) is 16.6 Å². The van der Waals surface area contributed by atoms with Gasteiger partial charge in [0.05, 0.1) is 16.6 Å². The van der Waals surface area contributed by atoms with Crippen LogP contribution in [0.3, 0.4) is 0 Å². The Morgan fingerprint density at radius 1 is 1.36 bits per heavy atom. The zero-order chi connectivity index (χ0) is 10.3. The number of hydrogen-bond acceptors (Lipinski definition) is 4. The van der Waals surface area contributed by atoms with Gasteiger partial charge in [0.25, 0.3) is 0 Å². The van der Waals surface area contributed by atoms with Gasteiger partial charge in [-0.3, -0.25) is 4.98 Å².